The molecule has 7 heteroatoms. The number of benzene rings is 2. The molecule has 29 heavy (non-hydrogen) atoms. The van der Waals surface area contributed by atoms with Crippen LogP contribution in [0.15, 0.2) is 42.5 Å². The average molecular weight is 391 g/mol. The van der Waals surface area contributed by atoms with Gasteiger partial charge in [0.25, 0.3) is 5.91 Å². The van der Waals surface area contributed by atoms with Gasteiger partial charge in [0.1, 0.15) is 11.9 Å². The van der Waals surface area contributed by atoms with Gasteiger partial charge in [0.05, 0.1) is 11.6 Å². The van der Waals surface area contributed by atoms with Crippen molar-refractivity contribution in [3.63, 3.8) is 0 Å². The van der Waals surface area contributed by atoms with E-state index in [4.69, 9.17) is 4.74 Å². The van der Waals surface area contributed by atoms with Crippen molar-refractivity contribution >= 4 is 17.6 Å². The molecule has 1 N–H and O–H groups in total. The van der Waals surface area contributed by atoms with Gasteiger partial charge in [-0.25, -0.2) is 4.79 Å². The van der Waals surface area contributed by atoms with Gasteiger partial charge in [-0.05, 0) is 56.3 Å². The Morgan fingerprint density at radius 3 is 2.66 bits per heavy atom. The fourth-order valence-corrected chi connectivity index (χ4v) is 3.90. The Morgan fingerprint density at radius 1 is 1.21 bits per heavy atom. The molecule has 0 saturated carbocycles. The molecule has 1 amide bonds. The number of likely N-dealkylation sites (tertiary alicyclic amines) is 1. The highest BCUT2D eigenvalue weighted by molar-refractivity contribution is 6.12. The fraction of sp³-hybridized carbons (Fsp3) is 0.318. The number of amides is 1. The largest absolute Gasteiger partial charge is 0.490 e. The summed E-state index contributed by atoms with van der Waals surface area (Å²) in [6.07, 6.45) is 1.98. The maximum atomic E-state index is 13.0. The quantitative estimate of drug-likeness (QED) is 0.861. The Morgan fingerprint density at radius 2 is 1.97 bits per heavy atom. The Kier molecular flexibility index (Phi) is 4.95. The van der Waals surface area contributed by atoms with Crippen LogP contribution >= 0.6 is 0 Å². The van der Waals surface area contributed by atoms with Crippen LogP contribution in [0.2, 0.25) is 0 Å². The third-order valence-corrected chi connectivity index (χ3v) is 5.49. The molecule has 2 aromatic rings. The Balaban J connectivity index is 1.63. The van der Waals surface area contributed by atoms with Crippen molar-refractivity contribution in [1.82, 2.24) is 4.90 Å². The van der Waals surface area contributed by atoms with Gasteiger partial charge >= 0.3 is 5.97 Å². The maximum Gasteiger partial charge on any atom is 0.335 e. The number of rotatable bonds is 4. The smallest absolute Gasteiger partial charge is 0.335 e. The van der Waals surface area contributed by atoms with Gasteiger partial charge in [-0.1, -0.05) is 6.07 Å². The fourth-order valence-electron chi connectivity index (χ4n) is 3.90. The summed E-state index contributed by atoms with van der Waals surface area (Å²) in [7, 11) is 2.09. The maximum absolute atomic E-state index is 13.0. The summed E-state index contributed by atoms with van der Waals surface area (Å²) < 4.78 is 6.10. The van der Waals surface area contributed by atoms with Gasteiger partial charge in [0.15, 0.2) is 6.04 Å². The molecule has 7 nitrogen and oxygen atoms in total. The van der Waals surface area contributed by atoms with Gasteiger partial charge < -0.3 is 14.7 Å². The van der Waals surface area contributed by atoms with E-state index < -0.39 is 12.0 Å². The zero-order valence-corrected chi connectivity index (χ0v) is 16.0. The third-order valence-electron chi connectivity index (χ3n) is 5.49. The Hall–Kier alpha value is -3.37. The zero-order valence-electron chi connectivity index (χ0n) is 16.0. The van der Waals surface area contributed by atoms with Gasteiger partial charge in [-0.2, -0.15) is 5.26 Å². The lowest BCUT2D eigenvalue weighted by Crippen LogP contribution is -2.35. The number of nitriles is 1. The van der Waals surface area contributed by atoms with E-state index in [1.165, 1.54) is 17.0 Å². The number of carboxylic acids is 1. The van der Waals surface area contributed by atoms with Crippen LogP contribution in [0.25, 0.3) is 0 Å². The first kappa shape index (κ1) is 19.0. The number of aromatic carboxylic acids is 1. The lowest BCUT2D eigenvalue weighted by Gasteiger charge is -2.29. The van der Waals surface area contributed by atoms with Crippen LogP contribution in [0.4, 0.5) is 5.69 Å². The van der Waals surface area contributed by atoms with E-state index in [0.29, 0.717) is 22.6 Å². The van der Waals surface area contributed by atoms with Crippen LogP contribution < -0.4 is 9.64 Å². The molecule has 0 aromatic heterocycles. The standard InChI is InChI=1S/C22H21N3O4/c1-24-9-7-16(8-10-24)29-17-5-6-18-19(12-17)20(13-23)25(21(18)26)15-4-2-3-14(11-15)22(27)28/h2-6,11-12,16,20H,7-10H2,1H3,(H,27,28). The third kappa shape index (κ3) is 3.55. The van der Waals surface area contributed by atoms with Crippen molar-refractivity contribution in [1.29, 1.82) is 5.26 Å². The number of ether oxygens (including phenoxy) is 1. The van der Waals surface area contributed by atoms with Gasteiger partial charge in [0, 0.05) is 29.9 Å². The van der Waals surface area contributed by atoms with E-state index >= 15 is 0 Å². The molecule has 0 radical (unpaired) electrons. The molecule has 148 valence electrons. The number of hydrogen-bond acceptors (Lipinski definition) is 5. The predicted molar refractivity (Wildman–Crippen MR) is 106 cm³/mol. The highest BCUT2D eigenvalue weighted by Gasteiger charge is 2.38. The van der Waals surface area contributed by atoms with Gasteiger partial charge in [0.2, 0.25) is 0 Å². The van der Waals surface area contributed by atoms with E-state index in [0.717, 1.165) is 25.9 Å². The lowest BCUT2D eigenvalue weighted by molar-refractivity contribution is 0.0696. The number of carbonyl (C=O) groups excluding carboxylic acids is 1. The molecule has 2 aromatic carbocycles. The summed E-state index contributed by atoms with van der Waals surface area (Å²) in [6.45, 7) is 1.95. The second-order valence-electron chi connectivity index (χ2n) is 7.43. The molecule has 1 atom stereocenters. The SMILES string of the molecule is CN1CCC(Oc2ccc3c(c2)C(C#N)N(c2cccc(C(=O)O)c2)C3=O)CC1. The molecule has 1 saturated heterocycles. The van der Waals surface area contributed by atoms with Crippen LogP contribution in [0.5, 0.6) is 5.75 Å². The number of piperidine rings is 1. The number of nitrogens with zero attached hydrogens (tertiary/aromatic N) is 3. The summed E-state index contributed by atoms with van der Waals surface area (Å²) in [5.74, 6) is -0.759. The molecular weight excluding hydrogens is 370 g/mol. The summed E-state index contributed by atoms with van der Waals surface area (Å²) in [4.78, 5) is 27.9. The minimum Gasteiger partial charge on any atom is -0.490 e. The zero-order chi connectivity index (χ0) is 20.5. The Labute approximate surface area is 168 Å². The van der Waals surface area contributed by atoms with E-state index in [9.17, 15) is 20.0 Å². The minimum atomic E-state index is -1.08. The molecule has 2 aliphatic heterocycles. The molecular formula is C22H21N3O4. The van der Waals surface area contributed by atoms with Crippen molar-refractivity contribution in [2.24, 2.45) is 0 Å². The van der Waals surface area contributed by atoms with Crippen LogP contribution in [0.1, 0.15) is 45.2 Å². The van der Waals surface area contributed by atoms with Crippen LogP contribution in [0, 0.1) is 11.3 Å². The molecule has 1 fully saturated rings. The van der Waals surface area contributed by atoms with Crippen LogP contribution in [-0.4, -0.2) is 48.1 Å². The van der Waals surface area contributed by atoms with Crippen LogP contribution in [0.3, 0.4) is 0 Å². The number of hydrogen-bond donors (Lipinski definition) is 1. The first-order valence-electron chi connectivity index (χ1n) is 9.53. The summed E-state index contributed by atoms with van der Waals surface area (Å²) in [5, 5.41) is 19.0. The molecule has 1 unspecified atom stereocenters. The van der Waals surface area contributed by atoms with Crippen LogP contribution in [-0.2, 0) is 0 Å². The summed E-state index contributed by atoms with van der Waals surface area (Å²) in [6, 6.07) is 12.6. The number of carbonyl (C=O) groups is 2. The number of carboxylic acid groups (broad SMARTS) is 1. The highest BCUT2D eigenvalue weighted by atomic mass is 16.5. The van der Waals surface area contributed by atoms with Gasteiger partial charge in [-0.3, -0.25) is 9.69 Å². The molecule has 2 heterocycles. The van der Waals surface area contributed by atoms with Crippen molar-refractivity contribution in [2.75, 3.05) is 25.0 Å². The second-order valence-corrected chi connectivity index (χ2v) is 7.43. The predicted octanol–water partition coefficient (Wildman–Crippen LogP) is 3.08. The normalized spacial score (nSPS) is 19.7. The second kappa shape index (κ2) is 7.57. The molecule has 0 bridgehead atoms. The number of fused-ring (bicyclic) bond motifs is 1. The van der Waals surface area contributed by atoms with Crippen molar-refractivity contribution in [2.45, 2.75) is 25.0 Å². The summed E-state index contributed by atoms with van der Waals surface area (Å²) >= 11 is 0. The highest BCUT2D eigenvalue weighted by Crippen LogP contribution is 2.39. The lowest BCUT2D eigenvalue weighted by atomic mass is 10.0. The summed E-state index contributed by atoms with van der Waals surface area (Å²) in [5.41, 5.74) is 1.47. The topological polar surface area (TPSA) is 93.9 Å². The first-order valence-corrected chi connectivity index (χ1v) is 9.53. The Bertz CT molecular complexity index is 1010. The molecule has 0 aliphatic carbocycles. The van der Waals surface area contributed by atoms with Crippen molar-refractivity contribution in [3.05, 3.63) is 59.2 Å². The van der Waals surface area contributed by atoms with Crippen molar-refractivity contribution < 1.29 is 19.4 Å². The number of anilines is 1. The molecule has 4 rings (SSSR count). The van der Waals surface area contributed by atoms with E-state index in [1.54, 1.807) is 30.3 Å². The molecule has 0 spiro atoms. The first-order chi connectivity index (χ1) is 14.0. The minimum absolute atomic E-state index is 0.0641. The van der Waals surface area contributed by atoms with E-state index in [-0.39, 0.29) is 17.6 Å². The van der Waals surface area contributed by atoms with E-state index in [2.05, 4.69) is 18.0 Å². The van der Waals surface area contributed by atoms with Crippen molar-refractivity contribution in [3.8, 4) is 11.8 Å². The monoisotopic (exact) mass is 391 g/mol. The average Bonchev–Trinajstić information content (AvgIpc) is 3.01. The van der Waals surface area contributed by atoms with E-state index in [1.807, 2.05) is 0 Å². The molecule has 2 aliphatic rings. The van der Waals surface area contributed by atoms with Gasteiger partial charge in [-0.15, -0.1) is 0 Å².